The molecule has 17 nitrogen and oxygen atoms in total. The van der Waals surface area contributed by atoms with Crippen LogP contribution >= 0.6 is 0 Å². The Morgan fingerprint density at radius 2 is 1.73 bits per heavy atom. The van der Waals surface area contributed by atoms with Crippen molar-refractivity contribution in [2.75, 3.05) is 47.3 Å². The fraction of sp³-hybridized carbons (Fsp3) is 0.476. The summed E-state index contributed by atoms with van der Waals surface area (Å²) < 4.78 is 34.3. The Morgan fingerprint density at radius 3 is 2.49 bits per heavy atom. The van der Waals surface area contributed by atoms with E-state index in [-0.39, 0.29) is 36.3 Å². The van der Waals surface area contributed by atoms with Crippen molar-refractivity contribution in [3.05, 3.63) is 48.4 Å². The molecule has 4 aromatic rings. The minimum absolute atomic E-state index is 0.0143. The summed E-state index contributed by atoms with van der Waals surface area (Å²) in [5, 5.41) is 19.4. The number of piperidine rings is 1. The zero-order valence-electron chi connectivity index (χ0n) is 33.0. The third-order valence-corrected chi connectivity index (χ3v) is 12.0. The van der Waals surface area contributed by atoms with E-state index in [9.17, 15) is 19.5 Å². The second kappa shape index (κ2) is 16.3. The summed E-state index contributed by atoms with van der Waals surface area (Å²) in [6, 6.07) is 7.87. The summed E-state index contributed by atoms with van der Waals surface area (Å²) in [6.45, 7) is 0.593. The number of nitrogens with zero attached hydrogens (tertiary/aromatic N) is 5. The van der Waals surface area contributed by atoms with Crippen molar-refractivity contribution in [2.24, 2.45) is 22.9 Å². The SMILES string of the molecule is COc1ccc(C2=NN(C3CCN(C(=O)[C@H](CO)NC(=O)Oc4c[nH]c5c(-c6c(OCC7CC7)ccc7c6OCO7)ncnc45)CC3)C(=O)[C@@H]3CCCC[C@H]23)cc1OC. The van der Waals surface area contributed by atoms with E-state index in [4.69, 9.17) is 33.5 Å². The number of ether oxygens (including phenoxy) is 6. The lowest BCUT2D eigenvalue weighted by Crippen LogP contribution is -2.56. The van der Waals surface area contributed by atoms with Crippen LogP contribution in [0.25, 0.3) is 22.3 Å². The summed E-state index contributed by atoms with van der Waals surface area (Å²) in [5.41, 5.74) is 3.60. The fourth-order valence-corrected chi connectivity index (χ4v) is 8.67. The van der Waals surface area contributed by atoms with Crippen molar-refractivity contribution in [1.29, 1.82) is 0 Å². The van der Waals surface area contributed by atoms with Crippen LogP contribution in [0.4, 0.5) is 4.79 Å². The standard InChI is InChI=1S/C42H47N7O10/c1-54-29-10-9-24(17-32(29)55-2)35-26-5-3-4-6-27(26)40(51)49(47-35)25-13-15-48(16-14-25)41(52)28(19-50)46-42(53)59-33-18-43-38-36(33)44-21-45-37(38)34-30(56-20-23-7-8-23)11-12-31-39(34)58-22-57-31/h9-12,17-18,21,23,25-28,43,50H,3-8,13-16,19-20,22H2,1-2H3,(H,46,53)/t26-,27+,28-/m0/s1. The first-order valence-corrected chi connectivity index (χ1v) is 20.2. The van der Waals surface area contributed by atoms with Crippen molar-refractivity contribution < 1.29 is 47.9 Å². The van der Waals surface area contributed by atoms with Crippen LogP contribution in [0.5, 0.6) is 34.5 Å². The molecule has 0 unspecified atom stereocenters. The maximum absolute atomic E-state index is 13.9. The van der Waals surface area contributed by atoms with Gasteiger partial charge in [0.2, 0.25) is 18.6 Å². The average Bonchev–Trinajstić information content (AvgIpc) is 3.83. The smallest absolute Gasteiger partial charge is 0.413 e. The van der Waals surface area contributed by atoms with E-state index in [2.05, 4.69) is 20.3 Å². The number of nitrogens with one attached hydrogen (secondary N) is 2. The van der Waals surface area contributed by atoms with Gasteiger partial charge in [-0.15, -0.1) is 0 Å². The molecule has 3 aliphatic heterocycles. The molecule has 2 saturated carbocycles. The molecule has 5 aliphatic rings. The Morgan fingerprint density at radius 1 is 0.949 bits per heavy atom. The molecule has 2 aromatic heterocycles. The number of carbonyl (C=O) groups excluding carboxylic acids is 3. The molecular formula is C42H47N7O10. The molecule has 3 N–H and O–H groups in total. The molecule has 17 heteroatoms. The lowest BCUT2D eigenvalue weighted by atomic mass is 9.73. The van der Waals surface area contributed by atoms with Crippen molar-refractivity contribution in [2.45, 2.75) is 63.5 Å². The summed E-state index contributed by atoms with van der Waals surface area (Å²) >= 11 is 0. The van der Waals surface area contributed by atoms with Gasteiger partial charge < -0.3 is 48.7 Å². The number of aliphatic hydroxyl groups is 1. The van der Waals surface area contributed by atoms with E-state index in [1.165, 1.54) is 12.5 Å². The summed E-state index contributed by atoms with van der Waals surface area (Å²) in [6.07, 6.45) is 8.79. The van der Waals surface area contributed by atoms with Gasteiger partial charge in [0.25, 0.3) is 0 Å². The topological polar surface area (TPSA) is 199 Å². The van der Waals surface area contributed by atoms with Crippen LogP contribution < -0.4 is 33.7 Å². The third-order valence-electron chi connectivity index (χ3n) is 12.0. The molecule has 1 saturated heterocycles. The molecule has 3 atom stereocenters. The lowest BCUT2D eigenvalue weighted by molar-refractivity contribution is -0.143. The predicted molar refractivity (Wildman–Crippen MR) is 212 cm³/mol. The molecule has 5 heterocycles. The van der Waals surface area contributed by atoms with Crippen LogP contribution in [-0.2, 0) is 9.59 Å². The van der Waals surface area contributed by atoms with Crippen molar-refractivity contribution in [1.82, 2.24) is 30.2 Å². The second-order valence-electron chi connectivity index (χ2n) is 15.6. The number of aromatic amines is 1. The second-order valence-corrected chi connectivity index (χ2v) is 15.6. The highest BCUT2D eigenvalue weighted by Gasteiger charge is 2.44. The number of aliphatic hydroxyl groups excluding tert-OH is 1. The zero-order chi connectivity index (χ0) is 40.6. The number of likely N-dealkylation sites (tertiary alicyclic amines) is 1. The first-order valence-electron chi connectivity index (χ1n) is 20.2. The maximum Gasteiger partial charge on any atom is 0.413 e. The maximum atomic E-state index is 13.9. The molecular weight excluding hydrogens is 763 g/mol. The average molecular weight is 810 g/mol. The Kier molecular flexibility index (Phi) is 10.6. The Labute approximate surface area is 340 Å². The van der Waals surface area contributed by atoms with Crippen molar-refractivity contribution in [3.63, 3.8) is 0 Å². The summed E-state index contributed by atoms with van der Waals surface area (Å²) in [4.78, 5) is 54.5. The quantitative estimate of drug-likeness (QED) is 0.179. The van der Waals surface area contributed by atoms with E-state index in [0.717, 1.165) is 49.8 Å². The fourth-order valence-electron chi connectivity index (χ4n) is 8.67. The number of amides is 3. The highest BCUT2D eigenvalue weighted by Crippen LogP contribution is 2.49. The van der Waals surface area contributed by atoms with Crippen LogP contribution in [0, 0.1) is 17.8 Å². The van der Waals surface area contributed by atoms with Gasteiger partial charge in [0.15, 0.2) is 28.7 Å². The van der Waals surface area contributed by atoms with E-state index in [0.29, 0.717) is 89.5 Å². The molecule has 9 rings (SSSR count). The number of H-pyrrole nitrogens is 1. The number of aromatic nitrogens is 3. The number of fused-ring (bicyclic) bond motifs is 3. The van der Waals surface area contributed by atoms with Crippen LogP contribution in [0.1, 0.15) is 56.9 Å². The van der Waals surface area contributed by atoms with Gasteiger partial charge in [0.05, 0.1) is 50.3 Å². The number of hydrogen-bond acceptors (Lipinski definition) is 13. The van der Waals surface area contributed by atoms with Gasteiger partial charge in [0.1, 0.15) is 29.3 Å². The van der Waals surface area contributed by atoms with Gasteiger partial charge in [-0.1, -0.05) is 12.8 Å². The largest absolute Gasteiger partial charge is 0.493 e. The van der Waals surface area contributed by atoms with Gasteiger partial charge in [-0.3, -0.25) is 9.59 Å². The van der Waals surface area contributed by atoms with Crippen LogP contribution in [0.2, 0.25) is 0 Å². The number of hydrazone groups is 1. The molecule has 0 radical (unpaired) electrons. The van der Waals surface area contributed by atoms with E-state index < -0.39 is 24.6 Å². The van der Waals surface area contributed by atoms with Crippen LogP contribution in [0.15, 0.2) is 48.0 Å². The minimum Gasteiger partial charge on any atom is -0.493 e. The first kappa shape index (κ1) is 38.4. The third kappa shape index (κ3) is 7.43. The van der Waals surface area contributed by atoms with E-state index in [1.54, 1.807) is 30.2 Å². The molecule has 0 spiro atoms. The molecule has 2 aliphatic carbocycles. The normalized spacial score (nSPS) is 20.8. The molecule has 310 valence electrons. The number of methoxy groups -OCH3 is 2. The van der Waals surface area contributed by atoms with Gasteiger partial charge in [-0.05, 0) is 74.8 Å². The Bertz CT molecular complexity index is 2280. The molecule has 2 aromatic carbocycles. The highest BCUT2D eigenvalue weighted by atomic mass is 16.7. The van der Waals surface area contributed by atoms with Crippen LogP contribution in [0.3, 0.4) is 0 Å². The van der Waals surface area contributed by atoms with Crippen molar-refractivity contribution >= 4 is 34.7 Å². The highest BCUT2D eigenvalue weighted by molar-refractivity contribution is 6.07. The first-order chi connectivity index (χ1) is 28.8. The zero-order valence-corrected chi connectivity index (χ0v) is 33.0. The minimum atomic E-state index is -1.26. The number of benzene rings is 2. The van der Waals surface area contributed by atoms with E-state index in [1.807, 2.05) is 24.3 Å². The van der Waals surface area contributed by atoms with Gasteiger partial charge >= 0.3 is 6.09 Å². The van der Waals surface area contributed by atoms with E-state index >= 15 is 0 Å². The van der Waals surface area contributed by atoms with Gasteiger partial charge in [-0.25, -0.2) is 19.8 Å². The Hall–Kier alpha value is -6.10. The number of rotatable bonds is 12. The molecule has 0 bridgehead atoms. The van der Waals surface area contributed by atoms with Crippen molar-refractivity contribution in [3.8, 4) is 45.8 Å². The predicted octanol–water partition coefficient (Wildman–Crippen LogP) is 4.65. The Balaban J connectivity index is 0.866. The summed E-state index contributed by atoms with van der Waals surface area (Å²) in [7, 11) is 3.19. The van der Waals surface area contributed by atoms with Gasteiger partial charge in [-0.2, -0.15) is 5.10 Å². The number of hydrogen-bond donors (Lipinski definition) is 3. The monoisotopic (exact) mass is 809 g/mol. The van der Waals surface area contributed by atoms with Gasteiger partial charge in [0, 0.05) is 36.7 Å². The molecule has 3 amide bonds. The summed E-state index contributed by atoms with van der Waals surface area (Å²) in [5.74, 6) is 2.86. The lowest BCUT2D eigenvalue weighted by Gasteiger charge is -2.43. The number of carbonyl (C=O) groups is 3. The molecule has 3 fully saturated rings. The molecule has 59 heavy (non-hydrogen) atoms. The van der Waals surface area contributed by atoms with Crippen LogP contribution in [-0.4, -0.2) is 113 Å².